The molecule has 0 bridgehead atoms. The van der Waals surface area contributed by atoms with E-state index < -0.39 is 18.9 Å². The van der Waals surface area contributed by atoms with E-state index in [9.17, 15) is 8.78 Å². The number of para-hydroxylation sites is 4. The van der Waals surface area contributed by atoms with Crippen molar-refractivity contribution in [3.63, 3.8) is 0 Å². The molecule has 0 saturated carbocycles. The quantitative estimate of drug-likeness (QED) is 0.117. The smallest absolute Gasteiger partial charge is 0.215 e. The van der Waals surface area contributed by atoms with Gasteiger partial charge < -0.3 is 19.6 Å². The van der Waals surface area contributed by atoms with Crippen LogP contribution in [-0.4, -0.2) is 38.0 Å². The van der Waals surface area contributed by atoms with Gasteiger partial charge >= 0.3 is 0 Å². The van der Waals surface area contributed by atoms with Crippen LogP contribution in [0.4, 0.5) is 31.5 Å². The molecule has 0 fully saturated rings. The van der Waals surface area contributed by atoms with Gasteiger partial charge in [0.05, 0.1) is 47.6 Å². The van der Waals surface area contributed by atoms with Gasteiger partial charge in [0.25, 0.3) is 0 Å². The fraction of sp³-hybridized carbons (Fsp3) is 0.269. The van der Waals surface area contributed by atoms with Crippen molar-refractivity contribution in [1.82, 2.24) is 4.90 Å². The maximum Gasteiger partial charge on any atom is 0.215 e. The van der Waals surface area contributed by atoms with Gasteiger partial charge in [0, 0.05) is 56.1 Å². The van der Waals surface area contributed by atoms with Crippen molar-refractivity contribution in [1.29, 1.82) is 0 Å². The summed E-state index contributed by atoms with van der Waals surface area (Å²) in [5, 5.41) is 2.95. The predicted octanol–water partition coefficient (Wildman–Crippen LogP) is 17.2. The van der Waals surface area contributed by atoms with Crippen molar-refractivity contribution < 1.29 is 13.3 Å². The lowest BCUT2D eigenvalue weighted by Crippen LogP contribution is -2.35. The summed E-state index contributed by atoms with van der Waals surface area (Å²) in [5.41, 5.74) is 12.4. The third-order valence-corrected chi connectivity index (χ3v) is 17.5. The van der Waals surface area contributed by atoms with Crippen molar-refractivity contribution in [2.75, 3.05) is 35.5 Å². The van der Waals surface area contributed by atoms with Crippen LogP contribution >= 0.6 is 7.26 Å². The van der Waals surface area contributed by atoms with Gasteiger partial charge in [0.2, 0.25) is 5.69 Å². The zero-order valence-corrected chi connectivity index (χ0v) is 43.3. The van der Waals surface area contributed by atoms with Crippen molar-refractivity contribution in [3.8, 4) is 11.3 Å². The molecule has 0 unspecified atom stereocenters. The molecular formula is C67H88F2N5P+2. The summed E-state index contributed by atoms with van der Waals surface area (Å²) >= 11 is 0. The summed E-state index contributed by atoms with van der Waals surface area (Å²) in [6.45, 7) is 15.1. The summed E-state index contributed by atoms with van der Waals surface area (Å²) in [4.78, 5) is 9.22. The van der Waals surface area contributed by atoms with E-state index in [2.05, 4.69) is 245 Å². The molecule has 0 saturated heterocycles. The zero-order chi connectivity index (χ0) is 50.0. The SMILES string of the molecule is C.C.C.C.C.Cc1cc(F)cc(F)c1-c1cccc[n+]1C.Cc1ccccc1C[P+](C)(c1ccccc1)c1ccccc1.Cc1ccccc1N1C=CN(C)[C@@H]1C.Cc1ccccc1N1c2ccccc2N(C)[C@@H]1C. The minimum Gasteiger partial charge on any atom is -0.359 e. The number of hydrogen-bond donors (Lipinski definition) is 0. The van der Waals surface area contributed by atoms with Crippen molar-refractivity contribution in [2.24, 2.45) is 7.05 Å². The minimum atomic E-state index is -1.42. The molecular weight excluding hydrogens is 944 g/mol. The lowest BCUT2D eigenvalue weighted by Gasteiger charge is -2.28. The molecule has 0 amide bonds. The molecule has 2 aliphatic heterocycles. The number of halogens is 2. The van der Waals surface area contributed by atoms with E-state index in [0.717, 1.165) is 17.9 Å². The largest absolute Gasteiger partial charge is 0.359 e. The van der Waals surface area contributed by atoms with Gasteiger partial charge in [-0.2, -0.15) is 0 Å². The maximum absolute atomic E-state index is 13.7. The van der Waals surface area contributed by atoms with Crippen molar-refractivity contribution in [2.45, 2.75) is 97.2 Å². The predicted molar refractivity (Wildman–Crippen MR) is 329 cm³/mol. The third kappa shape index (κ3) is 14.8. The molecule has 398 valence electrons. The molecule has 2 aliphatic rings. The van der Waals surface area contributed by atoms with Gasteiger partial charge in [-0.3, -0.25) is 0 Å². The number of pyridine rings is 1. The van der Waals surface area contributed by atoms with Gasteiger partial charge in [-0.05, 0) is 130 Å². The first-order valence-electron chi connectivity index (χ1n) is 24.0. The Hall–Kier alpha value is -7.08. The number of anilines is 4. The Labute approximate surface area is 453 Å². The van der Waals surface area contributed by atoms with Crippen LogP contribution in [0, 0.1) is 39.3 Å². The van der Waals surface area contributed by atoms with E-state index in [1.54, 1.807) is 6.92 Å². The van der Waals surface area contributed by atoms with Gasteiger partial charge in [0.15, 0.2) is 6.20 Å². The Morgan fingerprint density at radius 1 is 0.493 bits per heavy atom. The molecule has 0 aliphatic carbocycles. The first kappa shape index (κ1) is 64.0. The van der Waals surface area contributed by atoms with Crippen LogP contribution in [0.3, 0.4) is 0 Å². The number of benzene rings is 7. The average Bonchev–Trinajstić information content (AvgIpc) is 3.83. The highest BCUT2D eigenvalue weighted by Crippen LogP contribution is 2.56. The molecule has 1 aromatic heterocycles. The van der Waals surface area contributed by atoms with E-state index in [1.165, 1.54) is 61.7 Å². The van der Waals surface area contributed by atoms with Crippen molar-refractivity contribution >= 4 is 40.6 Å². The molecule has 8 heteroatoms. The van der Waals surface area contributed by atoms with Crippen molar-refractivity contribution in [3.05, 3.63) is 246 Å². The second kappa shape index (κ2) is 29.1. The number of rotatable bonds is 7. The van der Waals surface area contributed by atoms with E-state index in [-0.39, 0.29) is 37.1 Å². The molecule has 10 rings (SSSR count). The monoisotopic (exact) mass is 1030 g/mol. The number of fused-ring (bicyclic) bond motifs is 1. The molecule has 5 nitrogen and oxygen atoms in total. The third-order valence-electron chi connectivity index (χ3n) is 13.6. The van der Waals surface area contributed by atoms with Crippen LogP contribution in [0.2, 0.25) is 0 Å². The summed E-state index contributed by atoms with van der Waals surface area (Å²) in [7, 11) is 4.66. The molecule has 0 radical (unpaired) electrons. The molecule has 2 atom stereocenters. The lowest BCUT2D eigenvalue weighted by atomic mass is 10.0. The van der Waals surface area contributed by atoms with Crippen LogP contribution in [0.1, 0.15) is 78.8 Å². The Kier molecular flexibility index (Phi) is 24.9. The summed E-state index contributed by atoms with van der Waals surface area (Å²) < 4.78 is 28.5. The van der Waals surface area contributed by atoms with E-state index in [4.69, 9.17) is 0 Å². The molecule has 75 heavy (non-hydrogen) atoms. The second-order valence-corrected chi connectivity index (χ2v) is 22.1. The van der Waals surface area contributed by atoms with Crippen LogP contribution in [-0.2, 0) is 13.2 Å². The van der Waals surface area contributed by atoms with Gasteiger partial charge in [0.1, 0.15) is 31.0 Å². The molecule has 3 heterocycles. The normalized spacial score (nSPS) is 13.8. The Bertz CT molecular complexity index is 2950. The minimum absolute atomic E-state index is 0. The van der Waals surface area contributed by atoms with Gasteiger partial charge in [-0.25, -0.2) is 13.3 Å². The first-order chi connectivity index (χ1) is 33.7. The highest BCUT2D eigenvalue weighted by molar-refractivity contribution is 7.88. The van der Waals surface area contributed by atoms with E-state index in [1.807, 2.05) is 36.0 Å². The number of nitrogens with zero attached hydrogens (tertiary/aromatic N) is 5. The highest BCUT2D eigenvalue weighted by Gasteiger charge is 2.38. The molecule has 7 aromatic carbocycles. The molecule has 0 spiro atoms. The molecule has 8 aromatic rings. The van der Waals surface area contributed by atoms with Gasteiger partial charge in [-0.15, -0.1) is 0 Å². The summed E-state index contributed by atoms with van der Waals surface area (Å²) in [6, 6.07) is 64.2. The highest BCUT2D eigenvalue weighted by atomic mass is 31.2. The fourth-order valence-corrected chi connectivity index (χ4v) is 12.6. The Balaban J connectivity index is 0.000000339. The molecule has 0 N–H and O–H groups in total. The Morgan fingerprint density at radius 2 is 0.960 bits per heavy atom. The Morgan fingerprint density at radius 3 is 1.45 bits per heavy atom. The topological polar surface area (TPSA) is 16.8 Å². The summed E-state index contributed by atoms with van der Waals surface area (Å²) in [6.07, 6.45) is 7.95. The summed E-state index contributed by atoms with van der Waals surface area (Å²) in [5.74, 6) is -1.07. The lowest BCUT2D eigenvalue weighted by molar-refractivity contribution is -0.660. The van der Waals surface area contributed by atoms with E-state index >= 15 is 0 Å². The van der Waals surface area contributed by atoms with Crippen LogP contribution in [0.15, 0.2) is 207 Å². The average molecular weight is 1030 g/mol. The van der Waals surface area contributed by atoms with Gasteiger partial charge in [-0.1, -0.05) is 146 Å². The number of aromatic nitrogens is 1. The maximum atomic E-state index is 13.7. The standard InChI is InChI=1S/C21H22P.C16H18N2.C13H12F2N.C12H16N2.5CH4/c1-18-11-9-10-12-19(18)17-22(2,20-13-5-3-6-14-20)21-15-7-4-8-16-21;1-12-8-4-5-9-14(12)18-13(2)17(3)15-10-6-7-11-16(15)18;1-9-7-10(14)8-11(15)13(9)12-5-3-4-6-16(12)2;1-10-6-4-5-7-12(10)14-9-8-13(3)11(14)2;;;;;/h3-16H,17H2,1-2H3;4-11,13H,1-3H3;3-8H,1-2H3;4-9,11H,1-3H3;5*1H4/q+1;;+1;;;;;;/t;13-;;11-;;;;;/m.0.0...../s1. The van der Waals surface area contributed by atoms with Crippen LogP contribution in [0.5, 0.6) is 0 Å². The second-order valence-electron chi connectivity index (χ2n) is 18.4. The van der Waals surface area contributed by atoms with Crippen LogP contribution in [0.25, 0.3) is 11.3 Å². The zero-order valence-electron chi connectivity index (χ0n) is 42.4. The fourth-order valence-electron chi connectivity index (χ4n) is 9.25. The number of hydrogen-bond acceptors (Lipinski definition) is 4. The van der Waals surface area contributed by atoms with Crippen LogP contribution < -0.4 is 29.9 Å². The first-order valence-corrected chi connectivity index (χ1v) is 26.4. The van der Waals surface area contributed by atoms with E-state index in [0.29, 0.717) is 23.5 Å². The number of aryl methyl sites for hydroxylation is 5.